The van der Waals surface area contributed by atoms with Crippen LogP contribution in [-0.2, 0) is 12.6 Å². The monoisotopic (exact) mass is 153 g/mol. The van der Waals surface area contributed by atoms with E-state index < -0.39 is 0 Å². The summed E-state index contributed by atoms with van der Waals surface area (Å²) in [6.07, 6.45) is 3.77. The molecule has 11 heavy (non-hydrogen) atoms. The van der Waals surface area contributed by atoms with Crippen LogP contribution in [0.1, 0.15) is 19.7 Å². The fourth-order valence-corrected chi connectivity index (χ4v) is 1.08. The predicted molar refractivity (Wildman–Crippen MR) is 45.3 cm³/mol. The molecule has 0 unspecified atom stereocenters. The number of aryl methyl sites for hydroxylation is 1. The fraction of sp³-hybridized carbons (Fsp3) is 0.625. The number of imidazole rings is 1. The van der Waals surface area contributed by atoms with Gasteiger partial charge in [0.2, 0.25) is 0 Å². The molecule has 0 saturated heterocycles. The van der Waals surface area contributed by atoms with E-state index in [9.17, 15) is 0 Å². The van der Waals surface area contributed by atoms with Crippen molar-refractivity contribution in [1.29, 1.82) is 0 Å². The molecule has 1 rings (SSSR count). The molecule has 1 heterocycles. The Morgan fingerprint density at radius 2 is 2.18 bits per heavy atom. The third-order valence-electron chi connectivity index (χ3n) is 2.01. The average Bonchev–Trinajstić information content (AvgIpc) is 2.36. The summed E-state index contributed by atoms with van der Waals surface area (Å²) in [6, 6.07) is 0. The lowest BCUT2D eigenvalue weighted by Gasteiger charge is -2.23. The minimum absolute atomic E-state index is 0.0434. The molecule has 0 saturated carbocycles. The highest BCUT2D eigenvalue weighted by Crippen LogP contribution is 2.15. The normalized spacial score (nSPS) is 12.0. The van der Waals surface area contributed by atoms with Gasteiger partial charge in [0, 0.05) is 19.4 Å². The SMILES string of the molecule is CNC(C)(C)c1nccn1C. The number of hydrogen-bond acceptors (Lipinski definition) is 2. The second-order valence-electron chi connectivity index (χ2n) is 3.24. The summed E-state index contributed by atoms with van der Waals surface area (Å²) in [7, 11) is 3.94. The standard InChI is InChI=1S/C8H15N3/c1-8(2,9-3)7-10-5-6-11(7)4/h5-6,9H,1-4H3. The molecule has 0 aliphatic heterocycles. The zero-order chi connectivity index (χ0) is 8.48. The van der Waals surface area contributed by atoms with E-state index in [1.165, 1.54) is 0 Å². The summed E-state index contributed by atoms with van der Waals surface area (Å²) in [5.74, 6) is 1.06. The molecule has 0 aliphatic carbocycles. The number of rotatable bonds is 2. The smallest absolute Gasteiger partial charge is 0.128 e. The second kappa shape index (κ2) is 2.66. The maximum atomic E-state index is 4.26. The van der Waals surface area contributed by atoms with Crippen molar-refractivity contribution in [3.05, 3.63) is 18.2 Å². The van der Waals surface area contributed by atoms with Crippen LogP contribution in [0.15, 0.2) is 12.4 Å². The Bertz CT molecular complexity index is 237. The minimum atomic E-state index is -0.0434. The molecule has 0 aromatic carbocycles. The first-order valence-corrected chi connectivity index (χ1v) is 3.74. The molecular weight excluding hydrogens is 138 g/mol. The molecule has 1 aromatic rings. The zero-order valence-electron chi connectivity index (χ0n) is 7.55. The summed E-state index contributed by atoms with van der Waals surface area (Å²) in [6.45, 7) is 4.21. The number of hydrogen-bond donors (Lipinski definition) is 1. The summed E-state index contributed by atoms with van der Waals surface area (Å²) in [4.78, 5) is 4.26. The van der Waals surface area contributed by atoms with Gasteiger partial charge in [-0.3, -0.25) is 0 Å². The summed E-state index contributed by atoms with van der Waals surface area (Å²) in [5.41, 5.74) is -0.0434. The average molecular weight is 153 g/mol. The summed E-state index contributed by atoms with van der Waals surface area (Å²) >= 11 is 0. The molecule has 0 radical (unpaired) electrons. The Labute approximate surface area is 67.4 Å². The fourth-order valence-electron chi connectivity index (χ4n) is 1.08. The van der Waals surface area contributed by atoms with Crippen LogP contribution in [0.5, 0.6) is 0 Å². The molecule has 0 aliphatic rings. The van der Waals surface area contributed by atoms with Crippen LogP contribution in [0.25, 0.3) is 0 Å². The summed E-state index contributed by atoms with van der Waals surface area (Å²) in [5, 5.41) is 3.20. The molecule has 0 fully saturated rings. The first-order valence-electron chi connectivity index (χ1n) is 3.74. The van der Waals surface area contributed by atoms with Gasteiger partial charge in [0.25, 0.3) is 0 Å². The highest BCUT2D eigenvalue weighted by molar-refractivity contribution is 5.04. The number of aromatic nitrogens is 2. The number of nitrogens with zero attached hydrogens (tertiary/aromatic N) is 2. The largest absolute Gasteiger partial charge is 0.336 e. The van der Waals surface area contributed by atoms with Crippen molar-refractivity contribution in [3.63, 3.8) is 0 Å². The van der Waals surface area contributed by atoms with E-state index in [4.69, 9.17) is 0 Å². The Balaban J connectivity index is 3.00. The third-order valence-corrected chi connectivity index (χ3v) is 2.01. The molecule has 0 spiro atoms. The van der Waals surface area contributed by atoms with Crippen LogP contribution >= 0.6 is 0 Å². The van der Waals surface area contributed by atoms with Gasteiger partial charge in [-0.2, -0.15) is 0 Å². The first-order chi connectivity index (χ1) is 5.08. The van der Waals surface area contributed by atoms with E-state index in [0.717, 1.165) is 5.82 Å². The summed E-state index contributed by atoms with van der Waals surface area (Å²) < 4.78 is 2.02. The van der Waals surface area contributed by atoms with Crippen LogP contribution in [0.4, 0.5) is 0 Å². The van der Waals surface area contributed by atoms with Crippen molar-refractivity contribution in [2.75, 3.05) is 7.05 Å². The Hall–Kier alpha value is -0.830. The van der Waals surface area contributed by atoms with Gasteiger partial charge in [0.1, 0.15) is 5.82 Å². The molecule has 3 nitrogen and oxygen atoms in total. The van der Waals surface area contributed by atoms with Crippen molar-refractivity contribution in [3.8, 4) is 0 Å². The van der Waals surface area contributed by atoms with Gasteiger partial charge in [-0.25, -0.2) is 4.98 Å². The van der Waals surface area contributed by atoms with E-state index in [-0.39, 0.29) is 5.54 Å². The Kier molecular flexibility index (Phi) is 2.00. The lowest BCUT2D eigenvalue weighted by atomic mass is 10.1. The van der Waals surface area contributed by atoms with Gasteiger partial charge in [-0.05, 0) is 20.9 Å². The topological polar surface area (TPSA) is 29.9 Å². The molecule has 62 valence electrons. The van der Waals surface area contributed by atoms with Crippen LogP contribution < -0.4 is 5.32 Å². The lowest BCUT2D eigenvalue weighted by Crippen LogP contribution is -2.35. The van der Waals surface area contributed by atoms with Gasteiger partial charge in [-0.1, -0.05) is 0 Å². The Morgan fingerprint density at radius 1 is 1.55 bits per heavy atom. The van der Waals surface area contributed by atoms with E-state index >= 15 is 0 Å². The molecule has 1 N–H and O–H groups in total. The van der Waals surface area contributed by atoms with E-state index in [2.05, 4.69) is 24.1 Å². The quantitative estimate of drug-likeness (QED) is 0.683. The highest BCUT2D eigenvalue weighted by atomic mass is 15.1. The number of nitrogens with one attached hydrogen (secondary N) is 1. The molecule has 1 aromatic heterocycles. The maximum Gasteiger partial charge on any atom is 0.128 e. The van der Waals surface area contributed by atoms with Gasteiger partial charge in [0.05, 0.1) is 5.54 Å². The van der Waals surface area contributed by atoms with E-state index in [1.807, 2.05) is 31.1 Å². The molecule has 0 bridgehead atoms. The Morgan fingerprint density at radius 3 is 2.55 bits per heavy atom. The van der Waals surface area contributed by atoms with Gasteiger partial charge in [-0.15, -0.1) is 0 Å². The van der Waals surface area contributed by atoms with Crippen molar-refractivity contribution >= 4 is 0 Å². The van der Waals surface area contributed by atoms with Gasteiger partial charge in [0.15, 0.2) is 0 Å². The lowest BCUT2D eigenvalue weighted by molar-refractivity contribution is 0.404. The van der Waals surface area contributed by atoms with Crippen LogP contribution in [0.3, 0.4) is 0 Å². The van der Waals surface area contributed by atoms with Crippen molar-refractivity contribution in [2.45, 2.75) is 19.4 Å². The molecule has 0 amide bonds. The van der Waals surface area contributed by atoms with Gasteiger partial charge >= 0.3 is 0 Å². The molecular formula is C8H15N3. The van der Waals surface area contributed by atoms with Gasteiger partial charge < -0.3 is 9.88 Å². The minimum Gasteiger partial charge on any atom is -0.336 e. The van der Waals surface area contributed by atoms with E-state index in [1.54, 1.807) is 0 Å². The first kappa shape index (κ1) is 8.27. The van der Waals surface area contributed by atoms with Crippen molar-refractivity contribution in [1.82, 2.24) is 14.9 Å². The zero-order valence-corrected chi connectivity index (χ0v) is 7.55. The van der Waals surface area contributed by atoms with Crippen molar-refractivity contribution in [2.24, 2.45) is 7.05 Å². The van der Waals surface area contributed by atoms with E-state index in [0.29, 0.717) is 0 Å². The van der Waals surface area contributed by atoms with Crippen LogP contribution in [-0.4, -0.2) is 16.6 Å². The second-order valence-corrected chi connectivity index (χ2v) is 3.24. The third kappa shape index (κ3) is 1.43. The van der Waals surface area contributed by atoms with Crippen molar-refractivity contribution < 1.29 is 0 Å². The van der Waals surface area contributed by atoms with Crippen LogP contribution in [0.2, 0.25) is 0 Å². The molecule has 0 atom stereocenters. The highest BCUT2D eigenvalue weighted by Gasteiger charge is 2.21. The maximum absolute atomic E-state index is 4.26. The van der Waals surface area contributed by atoms with Crippen LogP contribution in [0, 0.1) is 0 Å². The molecule has 3 heteroatoms. The predicted octanol–water partition coefficient (Wildman–Crippen LogP) is 0.875.